The normalized spacial score (nSPS) is 11.2. The lowest BCUT2D eigenvalue weighted by molar-refractivity contribution is 0.0947. The third-order valence-electron chi connectivity index (χ3n) is 4.60. The van der Waals surface area contributed by atoms with Crippen LogP contribution in [0.5, 0.6) is 5.75 Å². The van der Waals surface area contributed by atoms with Crippen molar-refractivity contribution in [2.24, 2.45) is 0 Å². The number of hydrogen-bond acceptors (Lipinski definition) is 4. The Morgan fingerprint density at radius 2 is 1.76 bits per heavy atom. The van der Waals surface area contributed by atoms with Gasteiger partial charge in [-0.2, -0.15) is 0 Å². The first kappa shape index (κ1) is 24.5. The highest BCUT2D eigenvalue weighted by Crippen LogP contribution is 2.25. The third kappa shape index (κ3) is 6.66. The maximum Gasteiger partial charge on any atom is 0.251 e. The summed E-state index contributed by atoms with van der Waals surface area (Å²) in [5, 5.41) is 3.19. The second-order valence-corrected chi connectivity index (χ2v) is 9.41. The number of benzene rings is 3. The average molecular weight is 495 g/mol. The van der Waals surface area contributed by atoms with Crippen molar-refractivity contribution < 1.29 is 26.7 Å². The zero-order chi connectivity index (χ0) is 24.0. The number of carbonyl (C=O) groups excluding carboxylic acids is 1. The van der Waals surface area contributed by atoms with Gasteiger partial charge in [-0.3, -0.25) is 9.10 Å². The molecule has 1 amide bonds. The van der Waals surface area contributed by atoms with Crippen molar-refractivity contribution in [1.29, 1.82) is 0 Å². The molecule has 0 heterocycles. The maximum atomic E-state index is 14.2. The SMILES string of the molecule is CS(=O)(=O)N(Cc1ccc(C(=O)NCCOc2ccccc2Cl)cc1)c1ccc(F)cc1F. The number of nitrogens with zero attached hydrogens (tertiary/aromatic N) is 1. The standard InChI is InChI=1S/C23H21ClF2N2O4S/c1-33(30,31)28(21-11-10-18(25)14-20(21)26)15-16-6-8-17(9-7-16)23(29)27-12-13-32-22-5-3-2-4-19(22)24/h2-11,14H,12-13,15H2,1H3,(H,27,29). The molecule has 0 bridgehead atoms. The van der Waals surface area contributed by atoms with Crippen LogP contribution in [-0.2, 0) is 16.6 Å². The number of para-hydroxylation sites is 1. The number of halogens is 3. The van der Waals surface area contributed by atoms with E-state index in [4.69, 9.17) is 16.3 Å². The van der Waals surface area contributed by atoms with Crippen LogP contribution in [-0.4, -0.2) is 33.7 Å². The number of hydrogen-bond donors (Lipinski definition) is 1. The lowest BCUT2D eigenvalue weighted by Crippen LogP contribution is -2.30. The maximum absolute atomic E-state index is 14.2. The summed E-state index contributed by atoms with van der Waals surface area (Å²) in [6.07, 6.45) is 0.933. The Morgan fingerprint density at radius 3 is 2.39 bits per heavy atom. The third-order valence-corrected chi connectivity index (χ3v) is 6.04. The lowest BCUT2D eigenvalue weighted by Gasteiger charge is -2.23. The Hall–Kier alpha value is -3.17. The first-order valence-corrected chi connectivity index (χ1v) is 12.0. The van der Waals surface area contributed by atoms with E-state index in [1.165, 1.54) is 12.1 Å². The van der Waals surface area contributed by atoms with Gasteiger partial charge in [0.25, 0.3) is 5.91 Å². The summed E-state index contributed by atoms with van der Waals surface area (Å²) in [4.78, 5) is 12.3. The molecule has 0 aliphatic carbocycles. The van der Waals surface area contributed by atoms with Crippen LogP contribution in [0.2, 0.25) is 5.02 Å². The number of ether oxygens (including phenoxy) is 1. The van der Waals surface area contributed by atoms with Crippen LogP contribution in [0.1, 0.15) is 15.9 Å². The van der Waals surface area contributed by atoms with Crippen molar-refractivity contribution in [3.63, 3.8) is 0 Å². The lowest BCUT2D eigenvalue weighted by atomic mass is 10.1. The fourth-order valence-electron chi connectivity index (χ4n) is 2.98. The molecule has 0 saturated carbocycles. The highest BCUT2D eigenvalue weighted by molar-refractivity contribution is 7.92. The molecule has 0 atom stereocenters. The second kappa shape index (κ2) is 10.6. The zero-order valence-corrected chi connectivity index (χ0v) is 19.2. The average Bonchev–Trinajstić information content (AvgIpc) is 2.76. The highest BCUT2D eigenvalue weighted by atomic mass is 35.5. The molecule has 174 valence electrons. The molecule has 1 N–H and O–H groups in total. The van der Waals surface area contributed by atoms with E-state index in [0.29, 0.717) is 28.0 Å². The predicted octanol–water partition coefficient (Wildman–Crippen LogP) is 4.39. The summed E-state index contributed by atoms with van der Waals surface area (Å²) >= 11 is 6.00. The van der Waals surface area contributed by atoms with Gasteiger partial charge in [0.1, 0.15) is 24.0 Å². The molecule has 0 unspecified atom stereocenters. The van der Waals surface area contributed by atoms with Crippen molar-refractivity contribution in [3.8, 4) is 5.75 Å². The molecule has 3 aromatic rings. The van der Waals surface area contributed by atoms with Crippen molar-refractivity contribution in [3.05, 3.63) is 94.5 Å². The largest absolute Gasteiger partial charge is 0.490 e. The van der Waals surface area contributed by atoms with Gasteiger partial charge in [0.05, 0.1) is 30.1 Å². The molecule has 0 radical (unpaired) electrons. The quantitative estimate of drug-likeness (QED) is 0.448. The number of amides is 1. The summed E-state index contributed by atoms with van der Waals surface area (Å²) in [6, 6.07) is 15.9. The fourth-order valence-corrected chi connectivity index (χ4v) is 4.06. The van der Waals surface area contributed by atoms with E-state index in [9.17, 15) is 22.0 Å². The molecule has 10 heteroatoms. The first-order chi connectivity index (χ1) is 15.6. The molecule has 3 rings (SSSR count). The Bertz CT molecular complexity index is 1240. The minimum atomic E-state index is -3.85. The van der Waals surface area contributed by atoms with Crippen molar-refractivity contribution in [2.45, 2.75) is 6.54 Å². The molecule has 6 nitrogen and oxygen atoms in total. The molecular formula is C23H21ClF2N2O4S. The van der Waals surface area contributed by atoms with Gasteiger partial charge in [0.15, 0.2) is 0 Å². The highest BCUT2D eigenvalue weighted by Gasteiger charge is 2.21. The van der Waals surface area contributed by atoms with Gasteiger partial charge in [-0.15, -0.1) is 0 Å². The summed E-state index contributed by atoms with van der Waals surface area (Å²) < 4.78 is 58.1. The summed E-state index contributed by atoms with van der Waals surface area (Å²) in [6.45, 7) is 0.284. The van der Waals surface area contributed by atoms with Gasteiger partial charge in [0.2, 0.25) is 10.0 Å². The Labute approximate surface area is 195 Å². The zero-order valence-electron chi connectivity index (χ0n) is 17.6. The van der Waals surface area contributed by atoms with Crippen LogP contribution in [0.3, 0.4) is 0 Å². The Balaban J connectivity index is 1.61. The molecule has 0 saturated heterocycles. The minimum absolute atomic E-state index is 0.186. The molecule has 0 fully saturated rings. The van der Waals surface area contributed by atoms with E-state index in [1.807, 2.05) is 0 Å². The van der Waals surface area contributed by atoms with Crippen LogP contribution < -0.4 is 14.4 Å². The molecule has 0 aliphatic heterocycles. The summed E-state index contributed by atoms with van der Waals surface area (Å²) in [5.41, 5.74) is 0.609. The van der Waals surface area contributed by atoms with Crippen molar-refractivity contribution in [1.82, 2.24) is 5.32 Å². The van der Waals surface area contributed by atoms with Crippen LogP contribution in [0, 0.1) is 11.6 Å². The number of sulfonamides is 1. The van der Waals surface area contributed by atoms with Gasteiger partial charge in [-0.25, -0.2) is 17.2 Å². The molecule has 0 aliphatic rings. The van der Waals surface area contributed by atoms with Gasteiger partial charge in [-0.1, -0.05) is 35.9 Å². The van der Waals surface area contributed by atoms with Crippen LogP contribution in [0.25, 0.3) is 0 Å². The van der Waals surface area contributed by atoms with Gasteiger partial charge in [0, 0.05) is 11.6 Å². The first-order valence-electron chi connectivity index (χ1n) is 9.82. The van der Waals surface area contributed by atoms with Crippen LogP contribution in [0.15, 0.2) is 66.7 Å². The Morgan fingerprint density at radius 1 is 1.06 bits per heavy atom. The van der Waals surface area contributed by atoms with Gasteiger partial charge >= 0.3 is 0 Å². The molecule has 0 aromatic heterocycles. The molecular weight excluding hydrogens is 474 g/mol. The molecule has 33 heavy (non-hydrogen) atoms. The minimum Gasteiger partial charge on any atom is -0.490 e. The molecule has 3 aromatic carbocycles. The predicted molar refractivity (Wildman–Crippen MR) is 123 cm³/mol. The van der Waals surface area contributed by atoms with E-state index < -0.39 is 21.7 Å². The van der Waals surface area contributed by atoms with Gasteiger partial charge < -0.3 is 10.1 Å². The number of nitrogens with one attached hydrogen (secondary N) is 1. The molecule has 0 spiro atoms. The van der Waals surface area contributed by atoms with E-state index in [1.54, 1.807) is 36.4 Å². The number of anilines is 1. The summed E-state index contributed by atoms with van der Waals surface area (Å²) in [7, 11) is -3.85. The Kier molecular flexibility index (Phi) is 7.88. The van der Waals surface area contributed by atoms with Gasteiger partial charge in [-0.05, 0) is 42.0 Å². The van der Waals surface area contributed by atoms with E-state index >= 15 is 0 Å². The summed E-state index contributed by atoms with van der Waals surface area (Å²) in [5.74, 6) is -1.62. The van der Waals surface area contributed by atoms with Crippen LogP contribution >= 0.6 is 11.6 Å². The second-order valence-electron chi connectivity index (χ2n) is 7.10. The monoisotopic (exact) mass is 494 g/mol. The van der Waals surface area contributed by atoms with E-state index in [0.717, 1.165) is 22.7 Å². The smallest absolute Gasteiger partial charge is 0.251 e. The number of carbonyl (C=O) groups is 1. The van der Waals surface area contributed by atoms with E-state index in [2.05, 4.69) is 5.32 Å². The van der Waals surface area contributed by atoms with Crippen molar-refractivity contribution in [2.75, 3.05) is 23.7 Å². The topological polar surface area (TPSA) is 75.7 Å². The van der Waals surface area contributed by atoms with Crippen molar-refractivity contribution >= 4 is 33.2 Å². The number of rotatable bonds is 9. The fraction of sp³-hybridized carbons (Fsp3) is 0.174. The van der Waals surface area contributed by atoms with Crippen LogP contribution in [0.4, 0.5) is 14.5 Å². The van der Waals surface area contributed by atoms with E-state index in [-0.39, 0.29) is 31.3 Å².